The molecule has 0 aromatic heterocycles. The predicted octanol–water partition coefficient (Wildman–Crippen LogP) is 3.07. The fourth-order valence-corrected chi connectivity index (χ4v) is 4.20. The van der Waals surface area contributed by atoms with Crippen LogP contribution in [0.15, 0.2) is 47.4 Å². The number of carbonyl (C=O) groups is 2. The molecule has 2 rings (SSSR count). The van der Waals surface area contributed by atoms with Crippen molar-refractivity contribution in [1.29, 1.82) is 0 Å². The lowest BCUT2D eigenvalue weighted by atomic mass is 10.1. The molecule has 7 nitrogen and oxygen atoms in total. The number of sulfonamides is 1. The summed E-state index contributed by atoms with van der Waals surface area (Å²) in [5.74, 6) is -2.09. The molecule has 2 aromatic rings. The zero-order valence-electron chi connectivity index (χ0n) is 16.3. The number of anilines is 1. The van der Waals surface area contributed by atoms with Crippen LogP contribution in [0.3, 0.4) is 0 Å². The molecule has 29 heavy (non-hydrogen) atoms. The molecule has 0 spiro atoms. The lowest BCUT2D eigenvalue weighted by Gasteiger charge is -2.26. The molecule has 0 saturated heterocycles. The van der Waals surface area contributed by atoms with E-state index in [1.165, 1.54) is 25.3 Å². The van der Waals surface area contributed by atoms with Gasteiger partial charge in [0.25, 0.3) is 10.0 Å². The van der Waals surface area contributed by atoms with E-state index in [0.717, 1.165) is 29.1 Å². The zero-order chi connectivity index (χ0) is 21.6. The van der Waals surface area contributed by atoms with E-state index in [-0.39, 0.29) is 35.5 Å². The molecule has 0 radical (unpaired) electrons. The largest absolute Gasteiger partial charge is 0.469 e. The van der Waals surface area contributed by atoms with E-state index >= 15 is 0 Å². The van der Waals surface area contributed by atoms with Crippen LogP contribution in [-0.2, 0) is 24.3 Å². The lowest BCUT2D eigenvalue weighted by Crippen LogP contribution is -2.34. The Morgan fingerprint density at radius 1 is 1.03 bits per heavy atom. The van der Waals surface area contributed by atoms with E-state index in [2.05, 4.69) is 9.47 Å². The van der Waals surface area contributed by atoms with Crippen molar-refractivity contribution < 1.29 is 31.9 Å². The summed E-state index contributed by atoms with van der Waals surface area (Å²) in [4.78, 5) is 23.6. The summed E-state index contributed by atoms with van der Waals surface area (Å²) in [7, 11) is -1.75. The van der Waals surface area contributed by atoms with Crippen molar-refractivity contribution in [2.24, 2.45) is 0 Å². The number of ether oxygens (including phenoxy) is 2. The summed E-state index contributed by atoms with van der Waals surface area (Å²) in [6.45, 7) is 1.70. The van der Waals surface area contributed by atoms with Gasteiger partial charge in [-0.05, 0) is 43.7 Å². The van der Waals surface area contributed by atoms with Crippen LogP contribution in [0.4, 0.5) is 10.1 Å². The number of hydrogen-bond donors (Lipinski definition) is 0. The van der Waals surface area contributed by atoms with Gasteiger partial charge in [0.2, 0.25) is 0 Å². The molecular formula is C20H22FNO6S. The number of esters is 2. The molecule has 0 unspecified atom stereocenters. The van der Waals surface area contributed by atoms with E-state index < -0.39 is 27.8 Å². The molecule has 0 atom stereocenters. The van der Waals surface area contributed by atoms with Gasteiger partial charge in [-0.15, -0.1) is 0 Å². The first-order chi connectivity index (χ1) is 13.7. The van der Waals surface area contributed by atoms with Gasteiger partial charge in [-0.3, -0.25) is 9.10 Å². The van der Waals surface area contributed by atoms with Gasteiger partial charge >= 0.3 is 11.9 Å². The van der Waals surface area contributed by atoms with Gasteiger partial charge in [0.15, 0.2) is 0 Å². The third-order valence-electron chi connectivity index (χ3n) is 4.21. The molecule has 0 aliphatic heterocycles. The van der Waals surface area contributed by atoms with Crippen molar-refractivity contribution in [3.05, 3.63) is 59.4 Å². The van der Waals surface area contributed by atoms with Crippen LogP contribution in [0.2, 0.25) is 0 Å². The maximum absolute atomic E-state index is 13.7. The van der Waals surface area contributed by atoms with Crippen LogP contribution in [0.25, 0.3) is 0 Å². The molecule has 0 aliphatic rings. The zero-order valence-corrected chi connectivity index (χ0v) is 17.2. The third-order valence-corrected chi connectivity index (χ3v) is 6.04. The topological polar surface area (TPSA) is 90.0 Å². The molecule has 0 aliphatic carbocycles. The lowest BCUT2D eigenvalue weighted by molar-refractivity contribution is -0.140. The van der Waals surface area contributed by atoms with Gasteiger partial charge in [0.05, 0.1) is 30.4 Å². The van der Waals surface area contributed by atoms with Crippen molar-refractivity contribution in [3.8, 4) is 0 Å². The first-order valence-corrected chi connectivity index (χ1v) is 10.2. The number of nitrogens with zero attached hydrogens (tertiary/aromatic N) is 1. The van der Waals surface area contributed by atoms with E-state index in [0.29, 0.717) is 0 Å². The number of methoxy groups -OCH3 is 2. The standard InChI is InChI=1S/C20H22FNO6S/c1-14-6-9-16(10-7-14)29(25,26)22(12-4-5-19(23)27-2)18-11-8-15(21)13-17(18)20(24)28-3/h6-11,13H,4-5,12H2,1-3H3. The van der Waals surface area contributed by atoms with Crippen LogP contribution >= 0.6 is 0 Å². The fourth-order valence-electron chi connectivity index (χ4n) is 2.68. The molecule has 0 bridgehead atoms. The normalized spacial score (nSPS) is 11.0. The molecule has 0 amide bonds. The summed E-state index contributed by atoms with van der Waals surface area (Å²) < 4.78 is 50.6. The van der Waals surface area contributed by atoms with E-state index in [4.69, 9.17) is 0 Å². The Balaban J connectivity index is 2.55. The molecule has 0 heterocycles. The maximum Gasteiger partial charge on any atom is 0.340 e. The predicted molar refractivity (Wildman–Crippen MR) is 105 cm³/mol. The quantitative estimate of drug-likeness (QED) is 0.606. The Labute approximate surface area is 169 Å². The second kappa shape index (κ2) is 9.51. The summed E-state index contributed by atoms with van der Waals surface area (Å²) in [6.07, 6.45) is 0.112. The smallest absolute Gasteiger partial charge is 0.340 e. The van der Waals surface area contributed by atoms with Gasteiger partial charge in [-0.1, -0.05) is 17.7 Å². The maximum atomic E-state index is 13.7. The molecule has 0 N–H and O–H groups in total. The molecule has 2 aromatic carbocycles. The van der Waals surface area contributed by atoms with Gasteiger partial charge in [-0.25, -0.2) is 17.6 Å². The number of hydrogen-bond acceptors (Lipinski definition) is 6. The number of aryl methyl sites for hydroxylation is 1. The first-order valence-electron chi connectivity index (χ1n) is 8.74. The van der Waals surface area contributed by atoms with E-state index in [9.17, 15) is 22.4 Å². The van der Waals surface area contributed by atoms with Crippen LogP contribution in [0, 0.1) is 12.7 Å². The van der Waals surface area contributed by atoms with Crippen molar-refractivity contribution in [2.75, 3.05) is 25.1 Å². The summed E-state index contributed by atoms with van der Waals surface area (Å²) in [5, 5.41) is 0. The molecule has 0 saturated carbocycles. The second-order valence-electron chi connectivity index (χ2n) is 6.22. The monoisotopic (exact) mass is 423 g/mol. The van der Waals surface area contributed by atoms with Crippen LogP contribution in [-0.4, -0.2) is 41.1 Å². The molecule has 9 heteroatoms. The van der Waals surface area contributed by atoms with E-state index in [1.54, 1.807) is 12.1 Å². The molecule has 156 valence electrons. The highest BCUT2D eigenvalue weighted by Gasteiger charge is 2.29. The van der Waals surface area contributed by atoms with Gasteiger partial charge < -0.3 is 9.47 Å². The number of halogens is 1. The number of rotatable bonds is 8. The van der Waals surface area contributed by atoms with Crippen LogP contribution in [0.5, 0.6) is 0 Å². The van der Waals surface area contributed by atoms with E-state index in [1.807, 2.05) is 6.92 Å². The summed E-state index contributed by atoms with van der Waals surface area (Å²) in [6, 6.07) is 9.35. The SMILES string of the molecule is COC(=O)CCCN(c1ccc(F)cc1C(=O)OC)S(=O)(=O)c1ccc(C)cc1. The van der Waals surface area contributed by atoms with Gasteiger partial charge in [-0.2, -0.15) is 0 Å². The molecular weight excluding hydrogens is 401 g/mol. The Bertz CT molecular complexity index is 989. The fraction of sp³-hybridized carbons (Fsp3) is 0.300. The summed E-state index contributed by atoms with van der Waals surface area (Å²) >= 11 is 0. The van der Waals surface area contributed by atoms with Crippen molar-refractivity contribution in [3.63, 3.8) is 0 Å². The third kappa shape index (κ3) is 5.32. The van der Waals surface area contributed by atoms with Gasteiger partial charge in [0.1, 0.15) is 5.82 Å². The van der Waals surface area contributed by atoms with Crippen LogP contribution < -0.4 is 4.31 Å². The Hall–Kier alpha value is -2.94. The molecule has 0 fully saturated rings. The minimum absolute atomic E-state index is 0.00121. The summed E-state index contributed by atoms with van der Waals surface area (Å²) in [5.41, 5.74) is 0.600. The van der Waals surface area contributed by atoms with Crippen molar-refractivity contribution >= 4 is 27.6 Å². The number of benzene rings is 2. The second-order valence-corrected chi connectivity index (χ2v) is 8.09. The Morgan fingerprint density at radius 3 is 2.28 bits per heavy atom. The minimum atomic E-state index is -4.10. The van der Waals surface area contributed by atoms with Crippen molar-refractivity contribution in [1.82, 2.24) is 0 Å². The average Bonchev–Trinajstić information content (AvgIpc) is 2.70. The highest BCUT2D eigenvalue weighted by atomic mass is 32.2. The van der Waals surface area contributed by atoms with Gasteiger partial charge in [0, 0.05) is 13.0 Å². The highest BCUT2D eigenvalue weighted by Crippen LogP contribution is 2.29. The highest BCUT2D eigenvalue weighted by molar-refractivity contribution is 7.92. The number of carbonyl (C=O) groups excluding carboxylic acids is 2. The Morgan fingerprint density at radius 2 is 1.69 bits per heavy atom. The average molecular weight is 423 g/mol. The Kier molecular flexibility index (Phi) is 7.33. The van der Waals surface area contributed by atoms with Crippen molar-refractivity contribution in [2.45, 2.75) is 24.7 Å². The first kappa shape index (κ1) is 22.4. The van der Waals surface area contributed by atoms with Crippen LogP contribution in [0.1, 0.15) is 28.8 Å². The minimum Gasteiger partial charge on any atom is -0.469 e.